The number of carbonyl (C=O) groups excluding carboxylic acids is 3. The van der Waals surface area contributed by atoms with Gasteiger partial charge in [0, 0.05) is 22.2 Å². The molecule has 3 rings (SSSR count). The van der Waals surface area contributed by atoms with E-state index in [4.69, 9.17) is 4.74 Å². The van der Waals surface area contributed by atoms with Crippen molar-refractivity contribution in [1.82, 2.24) is 4.98 Å². The topological polar surface area (TPSA) is 85.4 Å². The maximum atomic E-state index is 12.0. The van der Waals surface area contributed by atoms with Gasteiger partial charge in [-0.25, -0.2) is 4.98 Å². The summed E-state index contributed by atoms with van der Waals surface area (Å²) < 4.78 is 5.04. The van der Waals surface area contributed by atoms with Gasteiger partial charge in [0.15, 0.2) is 12.4 Å². The molecule has 0 fully saturated rings. The number of esters is 1. The minimum atomic E-state index is -0.529. The molecule has 1 N–H and O–H groups in total. The summed E-state index contributed by atoms with van der Waals surface area (Å²) in [5.74, 6) is -1.10. The highest BCUT2D eigenvalue weighted by molar-refractivity contribution is 7.13. The zero-order valence-electron chi connectivity index (χ0n) is 16.1. The summed E-state index contributed by atoms with van der Waals surface area (Å²) in [5.41, 5.74) is 3.73. The van der Waals surface area contributed by atoms with Crippen LogP contribution in [0.2, 0.25) is 0 Å². The SMILES string of the molecule is CC(=O)c1cccc(NC(=O)COC(=O)Cc2csc(-c3ccc(C)cc3)n2)c1. The van der Waals surface area contributed by atoms with Crippen LogP contribution in [0, 0.1) is 6.92 Å². The van der Waals surface area contributed by atoms with Crippen LogP contribution >= 0.6 is 11.3 Å². The maximum Gasteiger partial charge on any atom is 0.312 e. The molecule has 0 aliphatic heterocycles. The molecule has 0 bridgehead atoms. The number of hydrogen-bond donors (Lipinski definition) is 1. The van der Waals surface area contributed by atoms with Crippen molar-refractivity contribution < 1.29 is 19.1 Å². The highest BCUT2D eigenvalue weighted by Crippen LogP contribution is 2.24. The molecular weight excluding hydrogens is 388 g/mol. The minimum absolute atomic E-state index is 0.00450. The Morgan fingerprint density at radius 1 is 1.10 bits per heavy atom. The summed E-state index contributed by atoms with van der Waals surface area (Å²) in [4.78, 5) is 39.8. The summed E-state index contributed by atoms with van der Waals surface area (Å²) >= 11 is 1.45. The molecule has 148 valence electrons. The molecule has 0 atom stereocenters. The number of aromatic nitrogens is 1. The minimum Gasteiger partial charge on any atom is -0.455 e. The first-order chi connectivity index (χ1) is 13.9. The molecule has 1 heterocycles. The Hall–Kier alpha value is -3.32. The molecule has 0 spiro atoms. The average molecular weight is 408 g/mol. The van der Waals surface area contributed by atoms with Crippen LogP contribution in [0.15, 0.2) is 53.9 Å². The lowest BCUT2D eigenvalue weighted by atomic mass is 10.1. The van der Waals surface area contributed by atoms with Gasteiger partial charge >= 0.3 is 5.97 Å². The summed E-state index contributed by atoms with van der Waals surface area (Å²) in [5, 5.41) is 5.24. The van der Waals surface area contributed by atoms with E-state index in [1.54, 1.807) is 24.3 Å². The van der Waals surface area contributed by atoms with Crippen molar-refractivity contribution in [1.29, 1.82) is 0 Å². The van der Waals surface area contributed by atoms with Crippen LogP contribution in [0.1, 0.15) is 28.5 Å². The molecule has 2 aromatic carbocycles. The molecular formula is C22H20N2O4S. The highest BCUT2D eigenvalue weighted by atomic mass is 32.1. The number of anilines is 1. The third-order valence-electron chi connectivity index (χ3n) is 4.09. The Balaban J connectivity index is 1.50. The van der Waals surface area contributed by atoms with Crippen molar-refractivity contribution in [2.24, 2.45) is 0 Å². The summed E-state index contributed by atoms with van der Waals surface area (Å²) in [6, 6.07) is 14.6. The van der Waals surface area contributed by atoms with Crippen molar-refractivity contribution >= 4 is 34.7 Å². The van der Waals surface area contributed by atoms with Gasteiger partial charge in [0.25, 0.3) is 5.91 Å². The van der Waals surface area contributed by atoms with E-state index >= 15 is 0 Å². The number of aryl methyl sites for hydroxylation is 1. The lowest BCUT2D eigenvalue weighted by molar-refractivity contribution is -0.146. The van der Waals surface area contributed by atoms with Crippen LogP contribution in [0.5, 0.6) is 0 Å². The summed E-state index contributed by atoms with van der Waals surface area (Å²) in [7, 11) is 0. The van der Waals surface area contributed by atoms with Gasteiger partial charge in [-0.05, 0) is 26.0 Å². The second-order valence-corrected chi connectivity index (χ2v) is 7.39. The average Bonchev–Trinajstić information content (AvgIpc) is 3.15. The number of rotatable bonds is 7. The van der Waals surface area contributed by atoms with Gasteiger partial charge in [-0.1, -0.05) is 42.0 Å². The third-order valence-corrected chi connectivity index (χ3v) is 5.03. The maximum absolute atomic E-state index is 12.0. The molecule has 6 nitrogen and oxygen atoms in total. The normalized spacial score (nSPS) is 10.4. The first-order valence-corrected chi connectivity index (χ1v) is 9.86. The zero-order valence-corrected chi connectivity index (χ0v) is 16.9. The van der Waals surface area contributed by atoms with E-state index in [9.17, 15) is 14.4 Å². The molecule has 0 aliphatic carbocycles. The number of ether oxygens (including phenoxy) is 1. The fourth-order valence-corrected chi connectivity index (χ4v) is 3.40. The first-order valence-electron chi connectivity index (χ1n) is 8.98. The largest absolute Gasteiger partial charge is 0.455 e. The Bertz CT molecular complexity index is 1040. The number of ketones is 1. The van der Waals surface area contributed by atoms with E-state index in [-0.39, 0.29) is 12.2 Å². The van der Waals surface area contributed by atoms with Crippen LogP contribution < -0.4 is 5.32 Å². The molecule has 3 aromatic rings. The second kappa shape index (κ2) is 9.25. The Morgan fingerprint density at radius 2 is 1.86 bits per heavy atom. The third kappa shape index (κ3) is 5.83. The van der Waals surface area contributed by atoms with E-state index in [1.165, 1.54) is 23.8 Å². The molecule has 0 saturated carbocycles. The van der Waals surface area contributed by atoms with Crippen molar-refractivity contribution in [3.05, 3.63) is 70.7 Å². The quantitative estimate of drug-likeness (QED) is 0.471. The summed E-state index contributed by atoms with van der Waals surface area (Å²) in [6.07, 6.45) is -0.00450. The zero-order chi connectivity index (χ0) is 20.8. The van der Waals surface area contributed by atoms with Crippen molar-refractivity contribution in [3.8, 4) is 10.6 Å². The van der Waals surface area contributed by atoms with Gasteiger partial charge in [-0.3, -0.25) is 14.4 Å². The van der Waals surface area contributed by atoms with E-state index in [1.807, 2.05) is 36.6 Å². The fraction of sp³-hybridized carbons (Fsp3) is 0.182. The Kier molecular flexibility index (Phi) is 6.51. The number of nitrogens with zero attached hydrogens (tertiary/aromatic N) is 1. The van der Waals surface area contributed by atoms with Gasteiger partial charge in [0.05, 0.1) is 12.1 Å². The molecule has 7 heteroatoms. The molecule has 0 unspecified atom stereocenters. The van der Waals surface area contributed by atoms with Gasteiger partial charge in [0.1, 0.15) is 5.01 Å². The number of amides is 1. The lowest BCUT2D eigenvalue weighted by Gasteiger charge is -2.07. The number of Topliss-reactive ketones (excluding diaryl/α,β-unsaturated/α-hetero) is 1. The van der Waals surface area contributed by atoms with Gasteiger partial charge in [-0.15, -0.1) is 11.3 Å². The number of hydrogen-bond acceptors (Lipinski definition) is 6. The molecule has 0 saturated heterocycles. The highest BCUT2D eigenvalue weighted by Gasteiger charge is 2.12. The van der Waals surface area contributed by atoms with E-state index in [0.29, 0.717) is 16.9 Å². The van der Waals surface area contributed by atoms with E-state index < -0.39 is 18.5 Å². The molecule has 1 amide bonds. The Morgan fingerprint density at radius 3 is 2.59 bits per heavy atom. The molecule has 0 radical (unpaired) electrons. The number of nitrogens with one attached hydrogen (secondary N) is 1. The smallest absolute Gasteiger partial charge is 0.312 e. The standard InChI is InChI=1S/C22H20N2O4S/c1-14-6-8-16(9-7-14)22-24-19(13-29-22)11-21(27)28-12-20(26)23-18-5-3-4-17(10-18)15(2)25/h3-10,13H,11-12H2,1-2H3,(H,23,26). The van der Waals surface area contributed by atoms with Crippen LogP contribution in [0.3, 0.4) is 0 Å². The van der Waals surface area contributed by atoms with Crippen LogP contribution in [-0.2, 0) is 20.7 Å². The number of thiazole rings is 1. The van der Waals surface area contributed by atoms with Crippen molar-refractivity contribution in [2.45, 2.75) is 20.3 Å². The molecule has 1 aromatic heterocycles. The molecule has 29 heavy (non-hydrogen) atoms. The summed E-state index contributed by atoms with van der Waals surface area (Å²) in [6.45, 7) is 3.06. The van der Waals surface area contributed by atoms with E-state index in [2.05, 4.69) is 10.3 Å². The Labute approximate surface area is 172 Å². The fourth-order valence-electron chi connectivity index (χ4n) is 2.57. The van der Waals surface area contributed by atoms with Gasteiger partial charge < -0.3 is 10.1 Å². The van der Waals surface area contributed by atoms with Gasteiger partial charge in [-0.2, -0.15) is 0 Å². The first kappa shape index (κ1) is 20.4. The van der Waals surface area contributed by atoms with Crippen LogP contribution in [0.4, 0.5) is 5.69 Å². The van der Waals surface area contributed by atoms with Crippen molar-refractivity contribution in [2.75, 3.05) is 11.9 Å². The number of carbonyl (C=O) groups is 3. The van der Waals surface area contributed by atoms with Gasteiger partial charge in [0.2, 0.25) is 0 Å². The van der Waals surface area contributed by atoms with Crippen LogP contribution in [-0.4, -0.2) is 29.3 Å². The van der Waals surface area contributed by atoms with Crippen molar-refractivity contribution in [3.63, 3.8) is 0 Å². The van der Waals surface area contributed by atoms with Crippen LogP contribution in [0.25, 0.3) is 10.6 Å². The lowest BCUT2D eigenvalue weighted by Crippen LogP contribution is -2.21. The van der Waals surface area contributed by atoms with E-state index in [0.717, 1.165) is 10.6 Å². The predicted molar refractivity (Wildman–Crippen MR) is 112 cm³/mol. The monoisotopic (exact) mass is 408 g/mol. The molecule has 0 aliphatic rings. The second-order valence-electron chi connectivity index (χ2n) is 6.53. The number of benzene rings is 2. The predicted octanol–water partition coefficient (Wildman–Crippen LogP) is 4.05.